The summed E-state index contributed by atoms with van der Waals surface area (Å²) in [6.45, 7) is 1.17. The van der Waals surface area contributed by atoms with E-state index in [1.54, 1.807) is 24.3 Å². The first-order valence-corrected chi connectivity index (χ1v) is 5.86. The summed E-state index contributed by atoms with van der Waals surface area (Å²) in [5, 5.41) is 9.11. The number of rotatable bonds is 2. The highest BCUT2D eigenvalue weighted by Crippen LogP contribution is 2.13. The van der Waals surface area contributed by atoms with Gasteiger partial charge in [-0.1, -0.05) is 11.8 Å². The molecule has 1 aliphatic heterocycles. The molecule has 1 saturated heterocycles. The van der Waals surface area contributed by atoms with Crippen molar-refractivity contribution >= 4 is 0 Å². The molecule has 90 valence electrons. The van der Waals surface area contributed by atoms with Gasteiger partial charge in [-0.2, -0.15) is 0 Å². The molecular formula is C14H16O3. The molecule has 17 heavy (non-hydrogen) atoms. The van der Waals surface area contributed by atoms with E-state index in [0.29, 0.717) is 6.61 Å². The Hall–Kier alpha value is -1.50. The third kappa shape index (κ3) is 4.10. The molecule has 3 nitrogen and oxygen atoms in total. The Morgan fingerprint density at radius 1 is 1.29 bits per heavy atom. The van der Waals surface area contributed by atoms with E-state index in [9.17, 15) is 0 Å². The van der Waals surface area contributed by atoms with E-state index < -0.39 is 0 Å². The van der Waals surface area contributed by atoms with Crippen LogP contribution in [0.4, 0.5) is 0 Å². The fourth-order valence-corrected chi connectivity index (χ4v) is 1.66. The Labute approximate surface area is 101 Å². The quantitative estimate of drug-likeness (QED) is 0.795. The molecule has 0 spiro atoms. The highest BCUT2D eigenvalue weighted by Gasteiger charge is 2.12. The summed E-state index contributed by atoms with van der Waals surface area (Å²) in [7, 11) is 0. The van der Waals surface area contributed by atoms with Crippen molar-refractivity contribution in [2.75, 3.05) is 13.2 Å². The lowest BCUT2D eigenvalue weighted by molar-refractivity contribution is -0.154. The zero-order chi connectivity index (χ0) is 11.9. The molecule has 2 rings (SSSR count). The van der Waals surface area contributed by atoms with Gasteiger partial charge in [-0.3, -0.25) is 0 Å². The fraction of sp³-hybridized carbons (Fsp3) is 0.429. The molecule has 1 N–H and O–H groups in total. The zero-order valence-electron chi connectivity index (χ0n) is 9.69. The monoisotopic (exact) mass is 232 g/mol. The summed E-state index contributed by atoms with van der Waals surface area (Å²) in [6.07, 6.45) is 3.16. The van der Waals surface area contributed by atoms with Crippen LogP contribution in [0.15, 0.2) is 24.3 Å². The lowest BCUT2D eigenvalue weighted by Crippen LogP contribution is -2.22. The van der Waals surface area contributed by atoms with Crippen molar-refractivity contribution in [1.29, 1.82) is 0 Å². The Balaban J connectivity index is 1.76. The van der Waals surface area contributed by atoms with Crippen molar-refractivity contribution in [2.24, 2.45) is 0 Å². The lowest BCUT2D eigenvalue weighted by Gasteiger charge is -2.21. The maximum absolute atomic E-state index is 9.11. The van der Waals surface area contributed by atoms with Gasteiger partial charge in [-0.15, -0.1) is 0 Å². The van der Waals surface area contributed by atoms with Gasteiger partial charge in [0.15, 0.2) is 6.29 Å². The van der Waals surface area contributed by atoms with Crippen LogP contribution in [0.1, 0.15) is 24.8 Å². The van der Waals surface area contributed by atoms with Crippen LogP contribution in [0, 0.1) is 11.8 Å². The van der Waals surface area contributed by atoms with E-state index in [0.717, 1.165) is 31.4 Å². The number of aromatic hydroxyl groups is 1. The Morgan fingerprint density at radius 3 is 2.82 bits per heavy atom. The van der Waals surface area contributed by atoms with E-state index in [-0.39, 0.29) is 12.0 Å². The molecule has 0 bridgehead atoms. The molecule has 1 aromatic rings. The van der Waals surface area contributed by atoms with Gasteiger partial charge in [0.2, 0.25) is 0 Å². The largest absolute Gasteiger partial charge is 0.508 e. The predicted octanol–water partition coefficient (Wildman–Crippen LogP) is 2.29. The number of hydrogen-bond donors (Lipinski definition) is 1. The maximum Gasteiger partial charge on any atom is 0.158 e. The fourth-order valence-electron chi connectivity index (χ4n) is 1.66. The molecule has 1 aliphatic rings. The lowest BCUT2D eigenvalue weighted by atomic mass is 10.2. The minimum atomic E-state index is -0.0853. The van der Waals surface area contributed by atoms with E-state index in [2.05, 4.69) is 11.8 Å². The normalized spacial score (nSPS) is 19.4. The average molecular weight is 232 g/mol. The standard InChI is InChI=1S/C14H16O3/c15-13-8-6-12(7-9-13)4-3-11-17-14-5-1-2-10-16-14/h6-9,14-15H,1-2,5,10-11H2. The van der Waals surface area contributed by atoms with Crippen LogP contribution in [0.2, 0.25) is 0 Å². The van der Waals surface area contributed by atoms with Crippen LogP contribution < -0.4 is 0 Å². The number of ether oxygens (including phenoxy) is 2. The molecule has 1 aromatic carbocycles. The number of benzene rings is 1. The van der Waals surface area contributed by atoms with Crippen LogP contribution >= 0.6 is 0 Å². The summed E-state index contributed by atoms with van der Waals surface area (Å²) in [6, 6.07) is 6.79. The summed E-state index contributed by atoms with van der Waals surface area (Å²) < 4.78 is 10.9. The minimum Gasteiger partial charge on any atom is -0.508 e. The van der Waals surface area contributed by atoms with Crippen LogP contribution in [0.25, 0.3) is 0 Å². The van der Waals surface area contributed by atoms with Crippen molar-refractivity contribution in [3.05, 3.63) is 29.8 Å². The van der Waals surface area contributed by atoms with Crippen LogP contribution in [0.5, 0.6) is 5.75 Å². The second kappa shape index (κ2) is 6.29. The van der Waals surface area contributed by atoms with E-state index in [4.69, 9.17) is 14.6 Å². The van der Waals surface area contributed by atoms with Gasteiger partial charge in [0, 0.05) is 12.2 Å². The number of phenolic OH excluding ortho intramolecular Hbond substituents is 1. The summed E-state index contributed by atoms with van der Waals surface area (Å²) in [5.41, 5.74) is 0.871. The topological polar surface area (TPSA) is 38.7 Å². The molecule has 1 fully saturated rings. The molecule has 0 radical (unpaired) electrons. The van der Waals surface area contributed by atoms with Crippen molar-refractivity contribution < 1.29 is 14.6 Å². The van der Waals surface area contributed by atoms with Crippen LogP contribution in [0.3, 0.4) is 0 Å². The first-order chi connectivity index (χ1) is 8.34. The molecule has 1 unspecified atom stereocenters. The van der Waals surface area contributed by atoms with Gasteiger partial charge in [-0.25, -0.2) is 0 Å². The highest BCUT2D eigenvalue weighted by atomic mass is 16.7. The second-order valence-electron chi connectivity index (χ2n) is 3.96. The smallest absolute Gasteiger partial charge is 0.158 e. The number of phenols is 1. The van der Waals surface area contributed by atoms with Crippen molar-refractivity contribution in [1.82, 2.24) is 0 Å². The maximum atomic E-state index is 9.11. The second-order valence-corrected chi connectivity index (χ2v) is 3.96. The van der Waals surface area contributed by atoms with Crippen molar-refractivity contribution in [3.63, 3.8) is 0 Å². The Morgan fingerprint density at radius 2 is 2.12 bits per heavy atom. The van der Waals surface area contributed by atoms with E-state index >= 15 is 0 Å². The molecule has 3 heteroatoms. The predicted molar refractivity (Wildman–Crippen MR) is 64.5 cm³/mol. The highest BCUT2D eigenvalue weighted by molar-refractivity contribution is 5.37. The van der Waals surface area contributed by atoms with E-state index in [1.165, 1.54) is 0 Å². The van der Waals surface area contributed by atoms with Crippen LogP contribution in [-0.4, -0.2) is 24.6 Å². The summed E-state index contributed by atoms with van der Waals surface area (Å²) in [5.74, 6) is 6.16. The molecule has 1 heterocycles. The SMILES string of the molecule is Oc1ccc(C#CCOC2CCCCO2)cc1. The molecule has 0 aliphatic carbocycles. The first kappa shape index (κ1) is 12.0. The van der Waals surface area contributed by atoms with Crippen molar-refractivity contribution in [3.8, 4) is 17.6 Å². The Bertz CT molecular complexity index is 394. The molecule has 0 aromatic heterocycles. The van der Waals surface area contributed by atoms with Crippen molar-refractivity contribution in [2.45, 2.75) is 25.6 Å². The van der Waals surface area contributed by atoms with Gasteiger partial charge in [0.1, 0.15) is 12.4 Å². The van der Waals surface area contributed by atoms with Gasteiger partial charge >= 0.3 is 0 Å². The first-order valence-electron chi connectivity index (χ1n) is 5.86. The van der Waals surface area contributed by atoms with E-state index in [1.807, 2.05) is 0 Å². The molecule has 0 amide bonds. The number of hydrogen-bond acceptors (Lipinski definition) is 3. The average Bonchev–Trinajstić information content (AvgIpc) is 2.38. The minimum absolute atomic E-state index is 0.0853. The summed E-state index contributed by atoms with van der Waals surface area (Å²) in [4.78, 5) is 0. The molecular weight excluding hydrogens is 216 g/mol. The van der Waals surface area contributed by atoms with Crippen LogP contribution in [-0.2, 0) is 9.47 Å². The molecule has 1 atom stereocenters. The zero-order valence-corrected chi connectivity index (χ0v) is 9.69. The molecule has 0 saturated carbocycles. The Kier molecular flexibility index (Phi) is 4.43. The third-order valence-electron chi connectivity index (χ3n) is 2.58. The third-order valence-corrected chi connectivity index (χ3v) is 2.58. The van der Waals surface area contributed by atoms with Gasteiger partial charge in [-0.05, 0) is 43.5 Å². The summed E-state index contributed by atoms with van der Waals surface area (Å²) >= 11 is 0. The van der Waals surface area contributed by atoms with Gasteiger partial charge in [0.25, 0.3) is 0 Å². The van der Waals surface area contributed by atoms with Gasteiger partial charge in [0.05, 0.1) is 0 Å². The van der Waals surface area contributed by atoms with Gasteiger partial charge < -0.3 is 14.6 Å².